The number of fused-ring (bicyclic) bond motifs is 1. The Hall–Kier alpha value is -2.51. The summed E-state index contributed by atoms with van der Waals surface area (Å²) in [5, 5.41) is 10.2. The van der Waals surface area contributed by atoms with E-state index in [9.17, 15) is 13.5 Å². The van der Waals surface area contributed by atoms with Gasteiger partial charge in [0, 0.05) is 31.1 Å². The highest BCUT2D eigenvalue weighted by Crippen LogP contribution is 2.43. The molecule has 3 aromatic rings. The molecule has 0 aliphatic carbocycles. The van der Waals surface area contributed by atoms with Crippen molar-refractivity contribution in [3.63, 3.8) is 0 Å². The molecule has 33 heavy (non-hydrogen) atoms. The number of rotatable bonds is 5. The van der Waals surface area contributed by atoms with Crippen LogP contribution in [0.3, 0.4) is 0 Å². The van der Waals surface area contributed by atoms with E-state index in [0.29, 0.717) is 18.0 Å². The zero-order chi connectivity index (χ0) is 22.8. The number of hydrogen-bond donors (Lipinski definition) is 1. The highest BCUT2D eigenvalue weighted by Gasteiger charge is 2.50. The molecule has 2 fully saturated rings. The Morgan fingerprint density at radius 3 is 2.06 bits per heavy atom. The van der Waals surface area contributed by atoms with Crippen LogP contribution in [0.4, 0.5) is 0 Å². The van der Waals surface area contributed by atoms with Crippen molar-refractivity contribution in [2.45, 2.75) is 35.7 Å². The number of sulfonamides is 1. The van der Waals surface area contributed by atoms with Gasteiger partial charge < -0.3 is 5.11 Å². The zero-order valence-electron chi connectivity index (χ0n) is 18.6. The quantitative estimate of drug-likeness (QED) is 0.623. The van der Waals surface area contributed by atoms with E-state index >= 15 is 0 Å². The van der Waals surface area contributed by atoms with Gasteiger partial charge in [0.1, 0.15) is 0 Å². The van der Waals surface area contributed by atoms with Crippen LogP contribution in [-0.2, 0) is 10.0 Å². The van der Waals surface area contributed by atoms with Gasteiger partial charge in [0.15, 0.2) is 0 Å². The molecule has 1 N–H and O–H groups in total. The summed E-state index contributed by atoms with van der Waals surface area (Å²) in [5.41, 5.74) is 3.48. The third-order valence-corrected chi connectivity index (χ3v) is 9.00. The molecule has 0 aromatic heterocycles. The average Bonchev–Trinajstić information content (AvgIpc) is 2.84. The standard InChI is InChI=1S/C27H30N2O3S/c30-20-26-27(23-15-13-22(14-16-23)21-9-3-1-4-10-21)25-19-28(17-7-8-18-29(25)26)33(31,32)24-11-5-2-6-12-24/h1-6,9-16,25-27,30H,7-8,17-20H2/t25-,26-,27-/m1/s1. The first-order chi connectivity index (χ1) is 16.1. The zero-order valence-corrected chi connectivity index (χ0v) is 19.4. The second-order valence-electron chi connectivity index (χ2n) is 8.95. The van der Waals surface area contributed by atoms with Crippen LogP contribution in [0.5, 0.6) is 0 Å². The van der Waals surface area contributed by atoms with Crippen LogP contribution in [0.25, 0.3) is 11.1 Å². The SMILES string of the molecule is O=S(=O)(c1ccccc1)N1CCCCN2[C@H](CO)[C@H](c3ccc(-c4ccccc4)cc3)[C@H]2C1. The van der Waals surface area contributed by atoms with Gasteiger partial charge in [-0.1, -0.05) is 72.8 Å². The summed E-state index contributed by atoms with van der Waals surface area (Å²) in [6, 6.07) is 27.6. The predicted octanol–water partition coefficient (Wildman–Crippen LogP) is 3.97. The molecule has 3 atom stereocenters. The first kappa shape index (κ1) is 22.3. The number of nitrogens with zero attached hydrogens (tertiary/aromatic N) is 2. The highest BCUT2D eigenvalue weighted by molar-refractivity contribution is 7.89. The molecule has 0 saturated carbocycles. The predicted molar refractivity (Wildman–Crippen MR) is 130 cm³/mol. The second-order valence-corrected chi connectivity index (χ2v) is 10.9. The van der Waals surface area contributed by atoms with Gasteiger partial charge in [0.2, 0.25) is 10.0 Å². The Morgan fingerprint density at radius 2 is 1.39 bits per heavy atom. The van der Waals surface area contributed by atoms with E-state index in [-0.39, 0.29) is 24.6 Å². The van der Waals surface area contributed by atoms with Crippen molar-refractivity contribution in [2.75, 3.05) is 26.2 Å². The van der Waals surface area contributed by atoms with Crippen molar-refractivity contribution >= 4 is 10.0 Å². The van der Waals surface area contributed by atoms with Gasteiger partial charge in [-0.25, -0.2) is 8.42 Å². The first-order valence-electron chi connectivity index (χ1n) is 11.7. The molecule has 0 unspecified atom stereocenters. The number of benzene rings is 3. The molecule has 0 radical (unpaired) electrons. The van der Waals surface area contributed by atoms with Crippen molar-refractivity contribution in [3.05, 3.63) is 90.5 Å². The van der Waals surface area contributed by atoms with Gasteiger partial charge in [-0.3, -0.25) is 4.90 Å². The highest BCUT2D eigenvalue weighted by atomic mass is 32.2. The summed E-state index contributed by atoms with van der Waals surface area (Å²) in [6.45, 7) is 1.95. The molecular formula is C27H30N2O3S. The Labute approximate surface area is 196 Å². The van der Waals surface area contributed by atoms with E-state index in [1.165, 1.54) is 5.56 Å². The minimum absolute atomic E-state index is 0.0250. The lowest BCUT2D eigenvalue weighted by Crippen LogP contribution is -2.67. The van der Waals surface area contributed by atoms with Crippen LogP contribution >= 0.6 is 0 Å². The summed E-state index contributed by atoms with van der Waals surface area (Å²) in [5.74, 6) is 0.103. The molecule has 0 bridgehead atoms. The largest absolute Gasteiger partial charge is 0.395 e. The van der Waals surface area contributed by atoms with Crippen molar-refractivity contribution < 1.29 is 13.5 Å². The summed E-state index contributed by atoms with van der Waals surface area (Å²) in [4.78, 5) is 2.65. The molecule has 2 aliphatic heterocycles. The van der Waals surface area contributed by atoms with Crippen molar-refractivity contribution in [2.24, 2.45) is 0 Å². The summed E-state index contributed by atoms with van der Waals surface area (Å²) in [7, 11) is -3.55. The van der Waals surface area contributed by atoms with E-state index in [2.05, 4.69) is 41.3 Å². The van der Waals surface area contributed by atoms with Crippen LogP contribution in [0.2, 0.25) is 0 Å². The van der Waals surface area contributed by atoms with Crippen LogP contribution < -0.4 is 0 Å². The normalized spacial score (nSPS) is 24.3. The summed E-state index contributed by atoms with van der Waals surface area (Å²) in [6.07, 6.45) is 1.75. The average molecular weight is 463 g/mol. The Kier molecular flexibility index (Phi) is 6.34. The molecule has 5 nitrogen and oxygen atoms in total. The smallest absolute Gasteiger partial charge is 0.243 e. The Morgan fingerprint density at radius 1 is 0.788 bits per heavy atom. The fourth-order valence-corrected chi connectivity index (χ4v) is 6.91. The molecule has 6 heteroatoms. The second kappa shape index (κ2) is 9.39. The van der Waals surface area contributed by atoms with Gasteiger partial charge in [-0.2, -0.15) is 4.31 Å². The lowest BCUT2D eigenvalue weighted by Gasteiger charge is -2.57. The molecule has 2 heterocycles. The Bertz CT molecular complexity index is 1170. The Balaban J connectivity index is 1.42. The molecule has 2 saturated heterocycles. The van der Waals surface area contributed by atoms with E-state index in [1.54, 1.807) is 28.6 Å². The van der Waals surface area contributed by atoms with Crippen LogP contribution in [0.15, 0.2) is 89.8 Å². The van der Waals surface area contributed by atoms with E-state index in [0.717, 1.165) is 30.5 Å². The van der Waals surface area contributed by atoms with Gasteiger partial charge in [-0.15, -0.1) is 0 Å². The van der Waals surface area contributed by atoms with Gasteiger partial charge in [0.25, 0.3) is 0 Å². The van der Waals surface area contributed by atoms with Crippen LogP contribution in [0.1, 0.15) is 24.3 Å². The number of hydrogen-bond acceptors (Lipinski definition) is 4. The van der Waals surface area contributed by atoms with E-state index in [1.807, 2.05) is 24.3 Å². The summed E-state index contributed by atoms with van der Waals surface area (Å²) < 4.78 is 28.4. The monoisotopic (exact) mass is 462 g/mol. The number of aliphatic hydroxyl groups excluding tert-OH is 1. The first-order valence-corrected chi connectivity index (χ1v) is 13.1. The minimum atomic E-state index is -3.55. The van der Waals surface area contributed by atoms with Crippen molar-refractivity contribution in [3.8, 4) is 11.1 Å². The maximum absolute atomic E-state index is 13.4. The third-order valence-electron chi connectivity index (χ3n) is 7.12. The van der Waals surface area contributed by atoms with E-state index in [4.69, 9.17) is 0 Å². The molecule has 3 aromatic carbocycles. The molecular weight excluding hydrogens is 432 g/mol. The molecule has 5 rings (SSSR count). The van der Waals surface area contributed by atoms with Crippen molar-refractivity contribution in [1.82, 2.24) is 9.21 Å². The maximum Gasteiger partial charge on any atom is 0.243 e. The van der Waals surface area contributed by atoms with E-state index < -0.39 is 10.0 Å². The molecule has 0 amide bonds. The fourth-order valence-electron chi connectivity index (χ4n) is 5.40. The molecule has 2 aliphatic rings. The van der Waals surface area contributed by atoms with Crippen molar-refractivity contribution in [1.29, 1.82) is 0 Å². The fraction of sp³-hybridized carbons (Fsp3) is 0.333. The summed E-state index contributed by atoms with van der Waals surface area (Å²) >= 11 is 0. The lowest BCUT2D eigenvalue weighted by molar-refractivity contribution is -0.0553. The number of aliphatic hydroxyl groups is 1. The maximum atomic E-state index is 13.4. The van der Waals surface area contributed by atoms with Crippen LogP contribution in [-0.4, -0.2) is 61.1 Å². The topological polar surface area (TPSA) is 60.9 Å². The van der Waals surface area contributed by atoms with Gasteiger partial charge >= 0.3 is 0 Å². The van der Waals surface area contributed by atoms with Gasteiger partial charge in [-0.05, 0) is 48.2 Å². The molecule has 172 valence electrons. The molecule has 0 spiro atoms. The van der Waals surface area contributed by atoms with Crippen LogP contribution in [0, 0.1) is 0 Å². The third kappa shape index (κ3) is 4.24. The minimum Gasteiger partial charge on any atom is -0.395 e. The lowest BCUT2D eigenvalue weighted by atomic mass is 9.74. The van der Waals surface area contributed by atoms with Gasteiger partial charge in [0.05, 0.1) is 11.5 Å².